The minimum Gasteiger partial charge on any atom is -0.0654 e. The highest BCUT2D eigenvalue weighted by Gasteiger charge is 2.48. The molecule has 3 atom stereocenters. The van der Waals surface area contributed by atoms with Crippen molar-refractivity contribution in [2.24, 2.45) is 17.3 Å². The molecule has 13 heavy (non-hydrogen) atoms. The van der Waals surface area contributed by atoms with Gasteiger partial charge in [-0.1, -0.05) is 33.1 Å². The minimum atomic E-state index is 0.829. The van der Waals surface area contributed by atoms with E-state index >= 15 is 0 Å². The van der Waals surface area contributed by atoms with Gasteiger partial charge in [0.2, 0.25) is 0 Å². The summed E-state index contributed by atoms with van der Waals surface area (Å²) >= 11 is 0. The highest BCUT2D eigenvalue weighted by atomic mass is 14.5. The fraction of sp³-hybridized carbons (Fsp3) is 1.00. The Morgan fingerprint density at radius 1 is 1.31 bits per heavy atom. The van der Waals surface area contributed by atoms with Crippen LogP contribution in [-0.2, 0) is 0 Å². The van der Waals surface area contributed by atoms with Crippen molar-refractivity contribution in [3.8, 4) is 0 Å². The number of hydrogen-bond donors (Lipinski definition) is 0. The Balaban J connectivity index is 2.05. The second-order valence-corrected chi connectivity index (χ2v) is 5.42. The summed E-state index contributed by atoms with van der Waals surface area (Å²) in [4.78, 5) is 0. The predicted molar refractivity (Wildman–Crippen MR) is 57.7 cm³/mol. The maximum absolute atomic E-state index is 2.38. The highest BCUT2D eigenvalue weighted by molar-refractivity contribution is 4.98. The zero-order valence-corrected chi connectivity index (χ0v) is 9.31. The lowest BCUT2D eigenvalue weighted by molar-refractivity contribution is 0.214. The standard InChI is InChI=1S/C13H24/c1-3-7-13-8-5-6-12(13)9-11(4-2)10-13/h11-12H,3-10H2,1-2H3. The first-order chi connectivity index (χ1) is 6.30. The van der Waals surface area contributed by atoms with E-state index in [1.54, 1.807) is 25.7 Å². The molecule has 76 valence electrons. The fourth-order valence-corrected chi connectivity index (χ4v) is 4.15. The third-order valence-electron chi connectivity index (χ3n) is 4.73. The van der Waals surface area contributed by atoms with Crippen LogP contribution in [0.5, 0.6) is 0 Å². The van der Waals surface area contributed by atoms with Gasteiger partial charge in [-0.3, -0.25) is 0 Å². The Morgan fingerprint density at radius 3 is 2.85 bits per heavy atom. The molecule has 0 heterocycles. The maximum atomic E-state index is 2.38. The summed E-state index contributed by atoms with van der Waals surface area (Å²) in [7, 11) is 0. The van der Waals surface area contributed by atoms with E-state index in [0.29, 0.717) is 0 Å². The molecule has 2 fully saturated rings. The smallest absolute Gasteiger partial charge is 0.0267 e. The van der Waals surface area contributed by atoms with Crippen LogP contribution in [0.1, 0.15) is 65.2 Å². The summed E-state index contributed by atoms with van der Waals surface area (Å²) in [5, 5.41) is 0. The highest BCUT2D eigenvalue weighted by Crippen LogP contribution is 2.59. The van der Waals surface area contributed by atoms with Gasteiger partial charge >= 0.3 is 0 Å². The van der Waals surface area contributed by atoms with E-state index in [2.05, 4.69) is 13.8 Å². The van der Waals surface area contributed by atoms with E-state index in [4.69, 9.17) is 0 Å². The number of rotatable bonds is 3. The molecule has 0 amide bonds. The summed E-state index contributed by atoms with van der Waals surface area (Å²) in [6.45, 7) is 4.74. The molecule has 0 aromatic carbocycles. The second-order valence-electron chi connectivity index (χ2n) is 5.42. The van der Waals surface area contributed by atoms with E-state index in [9.17, 15) is 0 Å². The molecule has 0 aromatic rings. The molecule has 2 aliphatic carbocycles. The van der Waals surface area contributed by atoms with Crippen LogP contribution < -0.4 is 0 Å². The third kappa shape index (κ3) is 1.53. The van der Waals surface area contributed by atoms with Gasteiger partial charge in [0, 0.05) is 0 Å². The molecule has 2 aliphatic rings. The Bertz CT molecular complexity index is 173. The molecule has 3 unspecified atom stereocenters. The minimum absolute atomic E-state index is 0.829. The van der Waals surface area contributed by atoms with Crippen LogP contribution in [0.15, 0.2) is 0 Å². The van der Waals surface area contributed by atoms with Crippen molar-refractivity contribution in [2.45, 2.75) is 65.2 Å². The summed E-state index contributed by atoms with van der Waals surface area (Å²) in [5.74, 6) is 2.20. The average Bonchev–Trinajstić information content (AvgIpc) is 2.60. The van der Waals surface area contributed by atoms with Crippen molar-refractivity contribution in [3.63, 3.8) is 0 Å². The summed E-state index contributed by atoms with van der Waals surface area (Å²) in [5.41, 5.74) is 0.829. The normalized spacial score (nSPS) is 43.8. The van der Waals surface area contributed by atoms with E-state index < -0.39 is 0 Å². The van der Waals surface area contributed by atoms with Crippen LogP contribution in [0.3, 0.4) is 0 Å². The molecule has 0 aromatic heterocycles. The maximum Gasteiger partial charge on any atom is -0.0267 e. The quantitative estimate of drug-likeness (QED) is 0.604. The first-order valence-corrected chi connectivity index (χ1v) is 6.30. The van der Waals surface area contributed by atoms with Gasteiger partial charge < -0.3 is 0 Å². The van der Waals surface area contributed by atoms with Crippen molar-refractivity contribution >= 4 is 0 Å². The molecule has 2 rings (SSSR count). The molecular formula is C13H24. The van der Waals surface area contributed by atoms with Crippen molar-refractivity contribution < 1.29 is 0 Å². The van der Waals surface area contributed by atoms with E-state index in [1.807, 2.05) is 0 Å². The van der Waals surface area contributed by atoms with E-state index in [1.165, 1.54) is 25.7 Å². The van der Waals surface area contributed by atoms with E-state index in [-0.39, 0.29) is 0 Å². The van der Waals surface area contributed by atoms with Gasteiger partial charge in [-0.2, -0.15) is 0 Å². The van der Waals surface area contributed by atoms with Crippen LogP contribution in [0.4, 0.5) is 0 Å². The fourth-order valence-electron chi connectivity index (χ4n) is 4.15. The predicted octanol–water partition coefficient (Wildman–Crippen LogP) is 4.39. The van der Waals surface area contributed by atoms with Crippen LogP contribution in [0.25, 0.3) is 0 Å². The number of fused-ring (bicyclic) bond motifs is 1. The Morgan fingerprint density at radius 2 is 2.15 bits per heavy atom. The van der Waals surface area contributed by atoms with Crippen molar-refractivity contribution in [1.82, 2.24) is 0 Å². The van der Waals surface area contributed by atoms with Crippen LogP contribution >= 0.6 is 0 Å². The van der Waals surface area contributed by atoms with Gasteiger partial charge in [0.1, 0.15) is 0 Å². The van der Waals surface area contributed by atoms with Gasteiger partial charge in [-0.25, -0.2) is 0 Å². The molecule has 0 saturated heterocycles. The lowest BCUT2D eigenvalue weighted by atomic mass is 9.76. The Labute approximate surface area is 83.1 Å². The Kier molecular flexibility index (Phi) is 2.67. The zero-order chi connectivity index (χ0) is 9.31. The van der Waals surface area contributed by atoms with Crippen molar-refractivity contribution in [3.05, 3.63) is 0 Å². The first-order valence-electron chi connectivity index (χ1n) is 6.30. The molecule has 0 nitrogen and oxygen atoms in total. The molecule has 0 N–H and O–H groups in total. The third-order valence-corrected chi connectivity index (χ3v) is 4.73. The zero-order valence-electron chi connectivity index (χ0n) is 9.31. The SMILES string of the molecule is CCCC12CCCC1CC(CC)C2. The summed E-state index contributed by atoms with van der Waals surface area (Å²) < 4.78 is 0. The topological polar surface area (TPSA) is 0 Å². The summed E-state index contributed by atoms with van der Waals surface area (Å²) in [6.07, 6.45) is 12.1. The monoisotopic (exact) mass is 180 g/mol. The van der Waals surface area contributed by atoms with Crippen molar-refractivity contribution in [2.75, 3.05) is 0 Å². The molecule has 2 saturated carbocycles. The molecule has 0 bridgehead atoms. The Hall–Kier alpha value is 0. The first kappa shape index (κ1) is 9.55. The van der Waals surface area contributed by atoms with Crippen LogP contribution in [0.2, 0.25) is 0 Å². The van der Waals surface area contributed by atoms with Crippen LogP contribution in [0, 0.1) is 17.3 Å². The summed E-state index contributed by atoms with van der Waals surface area (Å²) in [6, 6.07) is 0. The van der Waals surface area contributed by atoms with Gasteiger partial charge in [0.05, 0.1) is 0 Å². The van der Waals surface area contributed by atoms with Gasteiger partial charge in [-0.05, 0) is 49.4 Å². The molecule has 0 heteroatoms. The molecular weight excluding hydrogens is 156 g/mol. The van der Waals surface area contributed by atoms with Crippen molar-refractivity contribution in [1.29, 1.82) is 0 Å². The lowest BCUT2D eigenvalue weighted by Crippen LogP contribution is -2.19. The molecule has 0 aliphatic heterocycles. The van der Waals surface area contributed by atoms with Gasteiger partial charge in [0.25, 0.3) is 0 Å². The average molecular weight is 180 g/mol. The van der Waals surface area contributed by atoms with Gasteiger partial charge in [-0.15, -0.1) is 0 Å². The largest absolute Gasteiger partial charge is 0.0654 e. The second kappa shape index (κ2) is 3.63. The molecule has 0 spiro atoms. The molecule has 0 radical (unpaired) electrons. The lowest BCUT2D eigenvalue weighted by Gasteiger charge is -2.29. The number of hydrogen-bond acceptors (Lipinski definition) is 0. The van der Waals surface area contributed by atoms with Gasteiger partial charge in [0.15, 0.2) is 0 Å². The van der Waals surface area contributed by atoms with Crippen LogP contribution in [-0.4, -0.2) is 0 Å². The van der Waals surface area contributed by atoms with E-state index in [0.717, 1.165) is 17.3 Å².